The first-order chi connectivity index (χ1) is 10.3. The summed E-state index contributed by atoms with van der Waals surface area (Å²) in [6.07, 6.45) is 0. The average molecular weight is 287 g/mol. The summed E-state index contributed by atoms with van der Waals surface area (Å²) in [7, 11) is 0. The molecule has 0 aliphatic heterocycles. The van der Waals surface area contributed by atoms with Crippen LogP contribution in [0.25, 0.3) is 32.3 Å². The number of thiocarbonyl (C=S) groups is 1. The van der Waals surface area contributed by atoms with Crippen molar-refractivity contribution in [2.75, 3.05) is 0 Å². The molecule has 0 saturated carbocycles. The predicted molar refractivity (Wildman–Crippen MR) is 89.5 cm³/mol. The monoisotopic (exact) mass is 287 g/mol. The van der Waals surface area contributed by atoms with Crippen LogP contribution in [0.4, 0.5) is 0 Å². The molecule has 0 spiro atoms. The molecule has 0 heterocycles. The molecule has 0 fully saturated rings. The van der Waals surface area contributed by atoms with Crippen LogP contribution in [0.3, 0.4) is 0 Å². The highest BCUT2D eigenvalue weighted by Crippen LogP contribution is 2.35. The third kappa shape index (κ3) is 1.69. The van der Waals surface area contributed by atoms with Crippen LogP contribution >= 0.6 is 12.2 Å². The molecule has 98 valence electrons. The van der Waals surface area contributed by atoms with Gasteiger partial charge in [-0.3, -0.25) is 4.79 Å². The van der Waals surface area contributed by atoms with Crippen molar-refractivity contribution < 1.29 is 4.79 Å². The van der Waals surface area contributed by atoms with Gasteiger partial charge in [-0.05, 0) is 50.6 Å². The Labute approximate surface area is 126 Å². The highest BCUT2D eigenvalue weighted by molar-refractivity contribution is 7.78. The van der Waals surface area contributed by atoms with E-state index in [-0.39, 0.29) is 5.91 Å². The van der Waals surface area contributed by atoms with E-state index in [1.165, 1.54) is 16.2 Å². The third-order valence-corrected chi connectivity index (χ3v) is 4.00. The van der Waals surface area contributed by atoms with Gasteiger partial charge in [-0.25, -0.2) is 0 Å². The van der Waals surface area contributed by atoms with Gasteiger partial charge < -0.3 is 0 Å². The molecule has 0 bridgehead atoms. The molecule has 3 heteroatoms. The van der Waals surface area contributed by atoms with Crippen molar-refractivity contribution in [1.29, 1.82) is 0 Å². The number of nitrogens with zero attached hydrogens (tertiary/aromatic N) is 1. The van der Waals surface area contributed by atoms with Gasteiger partial charge in [0.05, 0.1) is 10.7 Å². The molecule has 4 rings (SSSR count). The number of aliphatic imine (C=N–C) groups is 1. The summed E-state index contributed by atoms with van der Waals surface area (Å²) in [6, 6.07) is 18.2. The Morgan fingerprint density at radius 1 is 0.857 bits per heavy atom. The van der Waals surface area contributed by atoms with Crippen LogP contribution < -0.4 is 0 Å². The second-order valence-corrected chi connectivity index (χ2v) is 5.16. The van der Waals surface area contributed by atoms with E-state index >= 15 is 0 Å². The Balaban J connectivity index is 2.25. The Morgan fingerprint density at radius 2 is 1.48 bits per heavy atom. The lowest BCUT2D eigenvalue weighted by Gasteiger charge is -2.12. The van der Waals surface area contributed by atoms with E-state index in [1.807, 2.05) is 24.3 Å². The van der Waals surface area contributed by atoms with Crippen molar-refractivity contribution in [1.82, 2.24) is 0 Å². The van der Waals surface area contributed by atoms with Crippen LogP contribution in [0.15, 0.2) is 59.6 Å². The van der Waals surface area contributed by atoms with Gasteiger partial charge in [0, 0.05) is 0 Å². The minimum atomic E-state index is -0.345. The third-order valence-electron chi connectivity index (χ3n) is 3.91. The van der Waals surface area contributed by atoms with Crippen molar-refractivity contribution in [3.63, 3.8) is 0 Å². The van der Waals surface area contributed by atoms with Crippen LogP contribution in [0.1, 0.15) is 10.4 Å². The van der Waals surface area contributed by atoms with E-state index in [9.17, 15) is 4.79 Å². The minimum absolute atomic E-state index is 0.345. The highest BCUT2D eigenvalue weighted by Gasteiger charge is 2.14. The second kappa shape index (κ2) is 4.45. The first-order valence-electron chi connectivity index (χ1n) is 6.58. The van der Waals surface area contributed by atoms with Gasteiger partial charge in [0.25, 0.3) is 5.91 Å². The minimum Gasteiger partial charge on any atom is -0.266 e. The summed E-state index contributed by atoms with van der Waals surface area (Å²) in [6.45, 7) is 0. The highest BCUT2D eigenvalue weighted by atomic mass is 32.1. The van der Waals surface area contributed by atoms with Crippen molar-refractivity contribution in [3.05, 3.63) is 60.2 Å². The van der Waals surface area contributed by atoms with Gasteiger partial charge in [-0.2, -0.15) is 4.99 Å². The molecule has 0 saturated heterocycles. The van der Waals surface area contributed by atoms with E-state index in [2.05, 4.69) is 46.6 Å². The van der Waals surface area contributed by atoms with Crippen LogP contribution in [-0.4, -0.2) is 11.1 Å². The number of isothiocyanates is 1. The summed E-state index contributed by atoms with van der Waals surface area (Å²) >= 11 is 4.54. The van der Waals surface area contributed by atoms with E-state index in [4.69, 9.17) is 0 Å². The van der Waals surface area contributed by atoms with Crippen molar-refractivity contribution in [3.8, 4) is 0 Å². The molecule has 4 aromatic carbocycles. The zero-order valence-corrected chi connectivity index (χ0v) is 11.8. The number of hydrogen-bond acceptors (Lipinski definition) is 2. The lowest BCUT2D eigenvalue weighted by Crippen LogP contribution is -1.96. The Bertz CT molecular complexity index is 1050. The topological polar surface area (TPSA) is 29.4 Å². The molecule has 0 unspecified atom stereocenters. The maximum atomic E-state index is 12.1. The summed E-state index contributed by atoms with van der Waals surface area (Å²) in [5.74, 6) is -0.345. The van der Waals surface area contributed by atoms with E-state index in [0.29, 0.717) is 5.56 Å². The number of amides is 1. The van der Waals surface area contributed by atoms with Gasteiger partial charge in [0.1, 0.15) is 0 Å². The van der Waals surface area contributed by atoms with Crippen LogP contribution in [0, 0.1) is 0 Å². The van der Waals surface area contributed by atoms with Gasteiger partial charge in [-0.1, -0.05) is 48.5 Å². The van der Waals surface area contributed by atoms with Crippen molar-refractivity contribution in [2.24, 2.45) is 4.99 Å². The summed E-state index contributed by atoms with van der Waals surface area (Å²) in [5, 5.41) is 8.83. The predicted octanol–water partition coefficient (Wildman–Crippen LogP) is 4.83. The molecular formula is C18H9NOS. The SMILES string of the molecule is O=C(N=C=S)c1ccc2ccc3cccc4ccc1c2c34. The fraction of sp³-hybridized carbons (Fsp3) is 0. The Kier molecular flexibility index (Phi) is 2.58. The number of benzene rings is 4. The molecule has 0 atom stereocenters. The molecule has 2 nitrogen and oxygen atoms in total. The number of hydrogen-bond donors (Lipinski definition) is 0. The van der Waals surface area contributed by atoms with E-state index < -0.39 is 0 Å². The van der Waals surface area contributed by atoms with Gasteiger partial charge in [0.15, 0.2) is 0 Å². The molecule has 0 radical (unpaired) electrons. The lowest BCUT2D eigenvalue weighted by molar-refractivity contribution is 0.101. The van der Waals surface area contributed by atoms with Crippen LogP contribution in [0.2, 0.25) is 0 Å². The molecule has 4 aromatic rings. The smallest absolute Gasteiger partial charge is 0.266 e. The van der Waals surface area contributed by atoms with Crippen LogP contribution in [0.5, 0.6) is 0 Å². The Morgan fingerprint density at radius 3 is 2.19 bits per heavy atom. The zero-order valence-electron chi connectivity index (χ0n) is 11.0. The number of rotatable bonds is 1. The molecule has 0 N–H and O–H groups in total. The Hall–Kier alpha value is -2.61. The molecule has 0 aromatic heterocycles. The van der Waals surface area contributed by atoms with Gasteiger partial charge >= 0.3 is 0 Å². The van der Waals surface area contributed by atoms with Gasteiger partial charge in [-0.15, -0.1) is 0 Å². The summed E-state index contributed by atoms with van der Waals surface area (Å²) in [4.78, 5) is 15.7. The fourth-order valence-corrected chi connectivity index (χ4v) is 3.11. The standard InChI is InChI=1S/C18H9NOS/c20-18(19-10-21)15-9-7-13-5-4-11-2-1-3-12-6-8-14(15)17(13)16(11)12/h1-9H. The molecular weight excluding hydrogens is 278 g/mol. The van der Waals surface area contributed by atoms with Crippen molar-refractivity contribution in [2.45, 2.75) is 0 Å². The van der Waals surface area contributed by atoms with Crippen molar-refractivity contribution >= 4 is 55.6 Å². The summed E-state index contributed by atoms with van der Waals surface area (Å²) in [5.41, 5.74) is 0.568. The fourth-order valence-electron chi connectivity index (χ4n) is 3.02. The lowest BCUT2D eigenvalue weighted by atomic mass is 9.92. The molecule has 1 amide bonds. The normalized spacial score (nSPS) is 11.0. The number of carbonyl (C=O) groups is 1. The number of carbonyl (C=O) groups excluding carboxylic acids is 1. The maximum absolute atomic E-state index is 12.1. The molecule has 0 aliphatic carbocycles. The zero-order chi connectivity index (χ0) is 14.4. The van der Waals surface area contributed by atoms with E-state index in [1.54, 1.807) is 6.07 Å². The van der Waals surface area contributed by atoms with Crippen LogP contribution in [-0.2, 0) is 0 Å². The second-order valence-electron chi connectivity index (χ2n) is 4.98. The summed E-state index contributed by atoms with van der Waals surface area (Å²) < 4.78 is 0. The van der Waals surface area contributed by atoms with E-state index in [0.717, 1.165) is 16.2 Å². The quantitative estimate of drug-likeness (QED) is 0.285. The molecule has 21 heavy (non-hydrogen) atoms. The average Bonchev–Trinajstić information content (AvgIpc) is 2.52. The molecule has 0 aliphatic rings. The van der Waals surface area contributed by atoms with Gasteiger partial charge in [0.2, 0.25) is 0 Å². The first kappa shape index (κ1) is 12.2. The largest absolute Gasteiger partial charge is 0.286 e. The maximum Gasteiger partial charge on any atom is 0.286 e. The first-order valence-corrected chi connectivity index (χ1v) is 6.99.